The quantitative estimate of drug-likeness (QED) is 0.473. The Hall–Kier alpha value is -0.760. The van der Waals surface area contributed by atoms with Crippen LogP contribution in [0.25, 0.3) is 0 Å². The van der Waals surface area contributed by atoms with Crippen molar-refractivity contribution in [2.75, 3.05) is 19.8 Å². The largest absolute Gasteiger partial charge is 0.494 e. The van der Waals surface area contributed by atoms with Crippen molar-refractivity contribution in [3.63, 3.8) is 0 Å². The maximum Gasteiger partial charge on any atom is 0.114 e. The summed E-state index contributed by atoms with van der Waals surface area (Å²) in [6.07, 6.45) is 4.77. The van der Waals surface area contributed by atoms with Crippen molar-refractivity contribution in [1.82, 2.24) is 0 Å². The van der Waals surface area contributed by atoms with E-state index in [0.717, 1.165) is 32.0 Å². The Bertz CT molecular complexity index is 167. The fourth-order valence-corrected chi connectivity index (χ4v) is 1.19. The number of ether oxygens (including phenoxy) is 2. The van der Waals surface area contributed by atoms with E-state index >= 15 is 0 Å². The molecule has 0 N–H and O–H groups in total. The maximum atomic E-state index is 5.49. The lowest BCUT2D eigenvalue weighted by molar-refractivity contribution is 0.141. The number of allylic oxidation sites excluding steroid dienone is 2. The average molecular weight is 168 g/mol. The third kappa shape index (κ3) is 2.70. The lowest BCUT2D eigenvalue weighted by Crippen LogP contribution is -2.08. The Morgan fingerprint density at radius 2 is 2.58 bits per heavy atom. The van der Waals surface area contributed by atoms with Gasteiger partial charge < -0.3 is 9.47 Å². The van der Waals surface area contributed by atoms with E-state index in [1.54, 1.807) is 6.08 Å². The molecule has 0 saturated carbocycles. The van der Waals surface area contributed by atoms with E-state index in [4.69, 9.17) is 9.47 Å². The second-order valence-electron chi connectivity index (χ2n) is 2.94. The van der Waals surface area contributed by atoms with E-state index in [0.29, 0.717) is 5.92 Å². The molecule has 1 fully saturated rings. The molecule has 1 saturated heterocycles. The van der Waals surface area contributed by atoms with Gasteiger partial charge in [0, 0.05) is 12.5 Å². The molecular weight excluding hydrogens is 152 g/mol. The number of hydrogen-bond acceptors (Lipinski definition) is 2. The molecule has 0 aliphatic carbocycles. The molecule has 2 nitrogen and oxygen atoms in total. The third-order valence-corrected chi connectivity index (χ3v) is 2.00. The fourth-order valence-electron chi connectivity index (χ4n) is 1.19. The van der Waals surface area contributed by atoms with E-state index in [2.05, 4.69) is 6.58 Å². The van der Waals surface area contributed by atoms with Gasteiger partial charge in [0.2, 0.25) is 0 Å². The molecule has 1 atom stereocenters. The van der Waals surface area contributed by atoms with Gasteiger partial charge in [0.15, 0.2) is 0 Å². The lowest BCUT2D eigenvalue weighted by Gasteiger charge is -2.09. The van der Waals surface area contributed by atoms with Gasteiger partial charge in [-0.05, 0) is 25.5 Å². The van der Waals surface area contributed by atoms with Gasteiger partial charge in [0.1, 0.15) is 5.76 Å². The van der Waals surface area contributed by atoms with E-state index in [-0.39, 0.29) is 0 Å². The van der Waals surface area contributed by atoms with Crippen LogP contribution in [0.2, 0.25) is 0 Å². The molecule has 0 aromatic carbocycles. The summed E-state index contributed by atoms with van der Waals surface area (Å²) in [4.78, 5) is 0. The van der Waals surface area contributed by atoms with Gasteiger partial charge in [-0.15, -0.1) is 0 Å². The van der Waals surface area contributed by atoms with Crippen LogP contribution < -0.4 is 0 Å². The zero-order valence-electron chi connectivity index (χ0n) is 7.58. The van der Waals surface area contributed by atoms with Crippen LogP contribution in [0.1, 0.15) is 13.3 Å². The molecule has 0 spiro atoms. The van der Waals surface area contributed by atoms with Gasteiger partial charge in [-0.1, -0.05) is 6.58 Å². The van der Waals surface area contributed by atoms with E-state index in [1.807, 2.05) is 13.0 Å². The van der Waals surface area contributed by atoms with Crippen LogP contribution >= 0.6 is 0 Å². The van der Waals surface area contributed by atoms with Gasteiger partial charge in [0.25, 0.3) is 0 Å². The smallest absolute Gasteiger partial charge is 0.114 e. The summed E-state index contributed by atoms with van der Waals surface area (Å²) in [7, 11) is 0. The Kier molecular flexibility index (Phi) is 3.88. The Morgan fingerprint density at radius 3 is 3.08 bits per heavy atom. The summed E-state index contributed by atoms with van der Waals surface area (Å²) in [5, 5.41) is 0. The second kappa shape index (κ2) is 4.99. The first-order valence-corrected chi connectivity index (χ1v) is 4.36. The van der Waals surface area contributed by atoms with Crippen LogP contribution in [0.4, 0.5) is 0 Å². The van der Waals surface area contributed by atoms with Gasteiger partial charge in [-0.3, -0.25) is 0 Å². The summed E-state index contributed by atoms with van der Waals surface area (Å²) >= 11 is 0. The van der Waals surface area contributed by atoms with Crippen LogP contribution in [0.15, 0.2) is 24.5 Å². The van der Waals surface area contributed by atoms with Gasteiger partial charge in [-0.25, -0.2) is 0 Å². The summed E-state index contributed by atoms with van der Waals surface area (Å²) in [5.74, 6) is 1.43. The van der Waals surface area contributed by atoms with Gasteiger partial charge in [-0.2, -0.15) is 0 Å². The first kappa shape index (κ1) is 9.33. The zero-order chi connectivity index (χ0) is 8.81. The van der Waals surface area contributed by atoms with Crippen LogP contribution in [-0.4, -0.2) is 19.8 Å². The highest BCUT2D eigenvalue weighted by atomic mass is 16.5. The minimum atomic E-state index is 0.569. The first-order valence-electron chi connectivity index (χ1n) is 4.36. The van der Waals surface area contributed by atoms with E-state index in [1.165, 1.54) is 0 Å². The monoisotopic (exact) mass is 168 g/mol. The van der Waals surface area contributed by atoms with Crippen LogP contribution in [0, 0.1) is 5.92 Å². The van der Waals surface area contributed by atoms with Crippen molar-refractivity contribution in [1.29, 1.82) is 0 Å². The maximum absolute atomic E-state index is 5.49. The SMILES string of the molecule is C=C/C(=C\C)OC[C@H]1CCOC1. The molecule has 0 aromatic heterocycles. The minimum Gasteiger partial charge on any atom is -0.494 e. The Labute approximate surface area is 73.9 Å². The van der Waals surface area contributed by atoms with Crippen molar-refractivity contribution in [2.45, 2.75) is 13.3 Å². The third-order valence-electron chi connectivity index (χ3n) is 2.00. The van der Waals surface area contributed by atoms with Crippen molar-refractivity contribution in [3.05, 3.63) is 24.5 Å². The van der Waals surface area contributed by atoms with Crippen molar-refractivity contribution >= 4 is 0 Å². The highest BCUT2D eigenvalue weighted by molar-refractivity contribution is 5.06. The summed E-state index contributed by atoms with van der Waals surface area (Å²) in [5.41, 5.74) is 0. The predicted octanol–water partition coefficient (Wildman–Crippen LogP) is 2.13. The first-order chi connectivity index (χ1) is 5.86. The van der Waals surface area contributed by atoms with Crippen molar-refractivity contribution < 1.29 is 9.47 Å². The number of hydrogen-bond donors (Lipinski definition) is 0. The van der Waals surface area contributed by atoms with Crippen molar-refractivity contribution in [3.8, 4) is 0 Å². The summed E-state index contributed by atoms with van der Waals surface area (Å²) in [6, 6.07) is 0. The topological polar surface area (TPSA) is 18.5 Å². The number of rotatable bonds is 4. The zero-order valence-corrected chi connectivity index (χ0v) is 7.58. The van der Waals surface area contributed by atoms with Gasteiger partial charge >= 0.3 is 0 Å². The molecule has 68 valence electrons. The molecule has 1 aliphatic rings. The normalized spacial score (nSPS) is 24.1. The summed E-state index contributed by atoms with van der Waals surface area (Å²) < 4.78 is 10.7. The molecular formula is C10H16O2. The van der Waals surface area contributed by atoms with Crippen molar-refractivity contribution in [2.24, 2.45) is 5.92 Å². The predicted molar refractivity (Wildman–Crippen MR) is 48.8 cm³/mol. The van der Waals surface area contributed by atoms with Crippen LogP contribution in [0.5, 0.6) is 0 Å². The molecule has 1 heterocycles. The minimum absolute atomic E-state index is 0.569. The molecule has 12 heavy (non-hydrogen) atoms. The molecule has 0 amide bonds. The molecule has 1 rings (SSSR count). The van der Waals surface area contributed by atoms with E-state index in [9.17, 15) is 0 Å². The molecule has 0 radical (unpaired) electrons. The Balaban J connectivity index is 2.19. The van der Waals surface area contributed by atoms with E-state index < -0.39 is 0 Å². The summed E-state index contributed by atoms with van der Waals surface area (Å²) in [6.45, 7) is 8.08. The van der Waals surface area contributed by atoms with Gasteiger partial charge in [0.05, 0.1) is 13.2 Å². The highest BCUT2D eigenvalue weighted by Crippen LogP contribution is 2.14. The highest BCUT2D eigenvalue weighted by Gasteiger charge is 2.15. The standard InChI is InChI=1S/C10H16O2/c1-3-10(4-2)12-8-9-5-6-11-7-9/h3-4,9H,1,5-8H2,2H3/b10-4+/t9-/m0/s1. The molecule has 0 aromatic rings. The lowest BCUT2D eigenvalue weighted by atomic mass is 10.1. The molecule has 2 heteroatoms. The average Bonchev–Trinajstić information content (AvgIpc) is 2.59. The van der Waals surface area contributed by atoms with Crippen LogP contribution in [-0.2, 0) is 9.47 Å². The molecule has 0 bridgehead atoms. The Morgan fingerprint density at radius 1 is 1.75 bits per heavy atom. The molecule has 0 unspecified atom stereocenters. The fraction of sp³-hybridized carbons (Fsp3) is 0.600. The molecule has 1 aliphatic heterocycles. The second-order valence-corrected chi connectivity index (χ2v) is 2.94. The van der Waals surface area contributed by atoms with Crippen LogP contribution in [0.3, 0.4) is 0 Å².